The van der Waals surface area contributed by atoms with E-state index in [9.17, 15) is 17.6 Å². The Hall–Kier alpha value is -2.25. The van der Waals surface area contributed by atoms with Gasteiger partial charge in [0.05, 0.1) is 4.90 Å². The predicted octanol–water partition coefficient (Wildman–Crippen LogP) is 2.47. The molecule has 7 heteroatoms. The van der Waals surface area contributed by atoms with Crippen LogP contribution in [0.25, 0.3) is 0 Å². The molecule has 0 aromatic heterocycles. The number of nitrogens with one attached hydrogen (secondary N) is 1. The summed E-state index contributed by atoms with van der Waals surface area (Å²) in [5.74, 6) is -0.755. The molecular formula is C17H19FN2O3S. The molecule has 128 valence electrons. The second-order valence-corrected chi connectivity index (χ2v) is 7.13. The van der Waals surface area contributed by atoms with Crippen LogP contribution in [0.2, 0.25) is 0 Å². The number of amides is 1. The van der Waals surface area contributed by atoms with Crippen LogP contribution in [-0.2, 0) is 14.8 Å². The Morgan fingerprint density at radius 3 is 2.50 bits per heavy atom. The first-order valence-electron chi connectivity index (χ1n) is 7.39. The highest BCUT2D eigenvalue weighted by Crippen LogP contribution is 2.16. The van der Waals surface area contributed by atoms with E-state index in [4.69, 9.17) is 0 Å². The number of carbonyl (C=O) groups excluding carboxylic acids is 1. The molecule has 2 aromatic rings. The third-order valence-electron chi connectivity index (χ3n) is 3.43. The molecule has 0 spiro atoms. The summed E-state index contributed by atoms with van der Waals surface area (Å²) in [6.07, 6.45) is 0. The zero-order valence-corrected chi connectivity index (χ0v) is 14.3. The van der Waals surface area contributed by atoms with Crippen molar-refractivity contribution in [2.24, 2.45) is 0 Å². The Morgan fingerprint density at radius 1 is 1.17 bits per heavy atom. The number of halogens is 1. The molecule has 0 unspecified atom stereocenters. The van der Waals surface area contributed by atoms with Gasteiger partial charge in [-0.2, -0.15) is 0 Å². The van der Waals surface area contributed by atoms with Gasteiger partial charge in [0, 0.05) is 25.7 Å². The molecule has 5 nitrogen and oxygen atoms in total. The first kappa shape index (κ1) is 18.1. The first-order chi connectivity index (χ1) is 11.3. The van der Waals surface area contributed by atoms with Crippen LogP contribution >= 0.6 is 0 Å². The Balaban J connectivity index is 2.07. The van der Waals surface area contributed by atoms with Gasteiger partial charge in [0.1, 0.15) is 5.82 Å². The smallest absolute Gasteiger partial charge is 0.240 e. The summed E-state index contributed by atoms with van der Waals surface area (Å²) in [5.41, 5.74) is 1.22. The van der Waals surface area contributed by atoms with Gasteiger partial charge in [0.25, 0.3) is 0 Å². The maximum atomic E-state index is 13.3. The van der Waals surface area contributed by atoms with Gasteiger partial charge in [0.15, 0.2) is 0 Å². The average Bonchev–Trinajstić information content (AvgIpc) is 2.51. The van der Waals surface area contributed by atoms with Gasteiger partial charge < -0.3 is 4.90 Å². The standard InChI is InChI=1S/C17H19FN2O3S/c1-13-5-3-8-17(11-13)24(22,23)19-9-10-20(14(2)21)16-7-4-6-15(18)12-16/h3-8,11-12,19H,9-10H2,1-2H3. The van der Waals surface area contributed by atoms with Gasteiger partial charge >= 0.3 is 0 Å². The van der Waals surface area contributed by atoms with Crippen LogP contribution < -0.4 is 9.62 Å². The summed E-state index contributed by atoms with van der Waals surface area (Å²) in [5, 5.41) is 0. The van der Waals surface area contributed by atoms with Gasteiger partial charge in [-0.15, -0.1) is 0 Å². The second-order valence-electron chi connectivity index (χ2n) is 5.36. The molecule has 2 rings (SSSR count). The van der Waals surface area contributed by atoms with Crippen molar-refractivity contribution < 1.29 is 17.6 Å². The number of anilines is 1. The maximum Gasteiger partial charge on any atom is 0.240 e. The third kappa shape index (κ3) is 4.62. The monoisotopic (exact) mass is 350 g/mol. The molecule has 0 atom stereocenters. The Kier molecular flexibility index (Phi) is 5.69. The summed E-state index contributed by atoms with van der Waals surface area (Å²) in [7, 11) is -3.66. The number of hydrogen-bond acceptors (Lipinski definition) is 3. The van der Waals surface area contributed by atoms with Gasteiger partial charge in [-0.05, 0) is 42.8 Å². The zero-order valence-electron chi connectivity index (χ0n) is 13.5. The van der Waals surface area contributed by atoms with Crippen LogP contribution in [0, 0.1) is 12.7 Å². The highest BCUT2D eigenvalue weighted by Gasteiger charge is 2.16. The van der Waals surface area contributed by atoms with Gasteiger partial charge in [-0.25, -0.2) is 17.5 Å². The normalized spacial score (nSPS) is 11.3. The molecule has 0 radical (unpaired) electrons. The largest absolute Gasteiger partial charge is 0.311 e. The molecule has 0 aliphatic carbocycles. The Bertz CT molecular complexity index is 837. The van der Waals surface area contributed by atoms with Crippen LogP contribution in [0.15, 0.2) is 53.4 Å². The Morgan fingerprint density at radius 2 is 1.88 bits per heavy atom. The van der Waals surface area contributed by atoms with Crippen molar-refractivity contribution in [3.8, 4) is 0 Å². The summed E-state index contributed by atoms with van der Waals surface area (Å²) >= 11 is 0. The molecular weight excluding hydrogens is 331 g/mol. The number of aryl methyl sites for hydroxylation is 1. The molecule has 0 aliphatic rings. The number of sulfonamides is 1. The van der Waals surface area contributed by atoms with Crippen LogP contribution in [-0.4, -0.2) is 27.4 Å². The molecule has 0 aliphatic heterocycles. The van der Waals surface area contributed by atoms with E-state index in [-0.39, 0.29) is 23.9 Å². The van der Waals surface area contributed by atoms with E-state index in [0.29, 0.717) is 5.69 Å². The van der Waals surface area contributed by atoms with Crippen molar-refractivity contribution in [3.63, 3.8) is 0 Å². The van der Waals surface area contributed by atoms with Crippen LogP contribution in [0.1, 0.15) is 12.5 Å². The quantitative estimate of drug-likeness (QED) is 0.870. The number of benzene rings is 2. The summed E-state index contributed by atoms with van der Waals surface area (Å²) in [6, 6.07) is 12.1. The highest BCUT2D eigenvalue weighted by molar-refractivity contribution is 7.89. The van der Waals surface area contributed by atoms with E-state index in [2.05, 4.69) is 4.72 Å². The lowest BCUT2D eigenvalue weighted by atomic mass is 10.2. The van der Waals surface area contributed by atoms with E-state index < -0.39 is 15.8 Å². The molecule has 1 amide bonds. The van der Waals surface area contributed by atoms with E-state index in [0.717, 1.165) is 5.56 Å². The lowest BCUT2D eigenvalue weighted by molar-refractivity contribution is -0.116. The first-order valence-corrected chi connectivity index (χ1v) is 8.88. The predicted molar refractivity (Wildman–Crippen MR) is 90.8 cm³/mol. The fourth-order valence-electron chi connectivity index (χ4n) is 2.27. The molecule has 0 bridgehead atoms. The fourth-order valence-corrected chi connectivity index (χ4v) is 3.40. The van der Waals surface area contributed by atoms with E-state index in [1.165, 1.54) is 36.1 Å². The number of carbonyl (C=O) groups is 1. The van der Waals surface area contributed by atoms with Crippen molar-refractivity contribution >= 4 is 21.6 Å². The molecule has 2 aromatic carbocycles. The zero-order chi connectivity index (χ0) is 17.7. The van der Waals surface area contributed by atoms with Crippen molar-refractivity contribution in [1.29, 1.82) is 0 Å². The van der Waals surface area contributed by atoms with Crippen LogP contribution in [0.4, 0.5) is 10.1 Å². The molecule has 0 heterocycles. The fraction of sp³-hybridized carbons (Fsp3) is 0.235. The van der Waals surface area contributed by atoms with E-state index in [1.807, 2.05) is 0 Å². The second kappa shape index (κ2) is 7.55. The van der Waals surface area contributed by atoms with Crippen molar-refractivity contribution in [1.82, 2.24) is 4.72 Å². The maximum absolute atomic E-state index is 13.3. The van der Waals surface area contributed by atoms with Crippen LogP contribution in [0.3, 0.4) is 0 Å². The molecule has 0 saturated heterocycles. The summed E-state index contributed by atoms with van der Waals surface area (Å²) in [4.78, 5) is 13.2. The van der Waals surface area contributed by atoms with Crippen molar-refractivity contribution in [3.05, 3.63) is 59.9 Å². The molecule has 1 N–H and O–H groups in total. The topological polar surface area (TPSA) is 66.5 Å². The third-order valence-corrected chi connectivity index (χ3v) is 4.89. The van der Waals surface area contributed by atoms with Gasteiger partial charge in [-0.3, -0.25) is 4.79 Å². The minimum absolute atomic E-state index is 0.0202. The molecule has 0 fully saturated rings. The van der Waals surface area contributed by atoms with Crippen molar-refractivity contribution in [2.75, 3.05) is 18.0 Å². The van der Waals surface area contributed by atoms with Crippen molar-refractivity contribution in [2.45, 2.75) is 18.7 Å². The highest BCUT2D eigenvalue weighted by atomic mass is 32.2. The SMILES string of the molecule is CC(=O)N(CCNS(=O)(=O)c1cccc(C)c1)c1cccc(F)c1. The van der Waals surface area contributed by atoms with Gasteiger partial charge in [0.2, 0.25) is 15.9 Å². The minimum Gasteiger partial charge on any atom is -0.311 e. The number of hydrogen-bond donors (Lipinski definition) is 1. The summed E-state index contributed by atoms with van der Waals surface area (Å²) < 4.78 is 40.3. The lowest BCUT2D eigenvalue weighted by Gasteiger charge is -2.21. The minimum atomic E-state index is -3.66. The average molecular weight is 350 g/mol. The Labute approximate surface area is 141 Å². The van der Waals surface area contributed by atoms with E-state index >= 15 is 0 Å². The lowest BCUT2D eigenvalue weighted by Crippen LogP contribution is -2.37. The van der Waals surface area contributed by atoms with Crippen LogP contribution in [0.5, 0.6) is 0 Å². The number of nitrogens with zero attached hydrogens (tertiary/aromatic N) is 1. The van der Waals surface area contributed by atoms with Gasteiger partial charge in [-0.1, -0.05) is 18.2 Å². The molecule has 0 saturated carbocycles. The molecule has 24 heavy (non-hydrogen) atoms. The van der Waals surface area contributed by atoms with E-state index in [1.54, 1.807) is 31.2 Å². The summed E-state index contributed by atoms with van der Waals surface area (Å²) in [6.45, 7) is 3.27. The number of rotatable bonds is 6.